The number of carbonyl (C=O) groups is 1. The molecule has 0 aliphatic rings. The van der Waals surface area contributed by atoms with Crippen molar-refractivity contribution in [3.63, 3.8) is 0 Å². The van der Waals surface area contributed by atoms with E-state index in [4.69, 9.17) is 11.6 Å². The monoisotopic (exact) mass is 448 g/mol. The molecule has 0 heterocycles. The number of anilines is 2. The standard InChI is InChI=1S/C19H20ClF3N2O3S/c1-13-16(20)5-3-6-17(13)25(29(2,27)28)12-4-7-18(26)24-15-10-8-14(9-11-15)19(21,22)23/h3,5-6,8-11H,4,7,12H2,1-2H3,(H,24,26). The lowest BCUT2D eigenvalue weighted by Gasteiger charge is -2.24. The Morgan fingerprint density at radius 2 is 1.76 bits per heavy atom. The molecule has 0 unspecified atom stereocenters. The molecule has 0 saturated carbocycles. The van der Waals surface area contributed by atoms with Crippen LogP contribution in [0.2, 0.25) is 5.02 Å². The van der Waals surface area contributed by atoms with E-state index in [-0.39, 0.29) is 25.1 Å². The van der Waals surface area contributed by atoms with Gasteiger partial charge in [0.15, 0.2) is 0 Å². The highest BCUT2D eigenvalue weighted by molar-refractivity contribution is 7.92. The second kappa shape index (κ2) is 9.04. The Kier molecular flexibility index (Phi) is 7.18. The second-order valence-electron chi connectivity index (χ2n) is 6.45. The number of carbonyl (C=O) groups excluding carboxylic acids is 1. The molecule has 10 heteroatoms. The van der Waals surface area contributed by atoms with Gasteiger partial charge in [0.25, 0.3) is 0 Å². The highest BCUT2D eigenvalue weighted by atomic mass is 35.5. The quantitative estimate of drug-likeness (QED) is 0.658. The second-order valence-corrected chi connectivity index (χ2v) is 8.76. The molecule has 2 rings (SSSR count). The maximum absolute atomic E-state index is 12.6. The van der Waals surface area contributed by atoms with Crippen molar-refractivity contribution in [2.24, 2.45) is 0 Å². The summed E-state index contributed by atoms with van der Waals surface area (Å²) in [6.07, 6.45) is -3.18. The average Bonchev–Trinajstić information content (AvgIpc) is 2.60. The lowest BCUT2D eigenvalue weighted by Crippen LogP contribution is -2.32. The first-order chi connectivity index (χ1) is 13.4. The molecule has 1 N–H and O–H groups in total. The van der Waals surface area contributed by atoms with Gasteiger partial charge in [-0.3, -0.25) is 9.10 Å². The van der Waals surface area contributed by atoms with Gasteiger partial charge in [0.05, 0.1) is 17.5 Å². The van der Waals surface area contributed by atoms with Crippen LogP contribution < -0.4 is 9.62 Å². The number of nitrogens with zero attached hydrogens (tertiary/aromatic N) is 1. The van der Waals surface area contributed by atoms with Gasteiger partial charge in [-0.15, -0.1) is 0 Å². The molecule has 0 radical (unpaired) electrons. The fourth-order valence-corrected chi connectivity index (χ4v) is 3.87. The van der Waals surface area contributed by atoms with Crippen molar-refractivity contribution in [3.05, 3.63) is 58.6 Å². The van der Waals surface area contributed by atoms with Crippen LogP contribution in [0.25, 0.3) is 0 Å². The highest BCUT2D eigenvalue weighted by Crippen LogP contribution is 2.30. The van der Waals surface area contributed by atoms with E-state index in [1.165, 1.54) is 16.4 Å². The van der Waals surface area contributed by atoms with Crippen molar-refractivity contribution in [1.29, 1.82) is 0 Å². The number of alkyl halides is 3. The van der Waals surface area contributed by atoms with Crippen molar-refractivity contribution in [1.82, 2.24) is 0 Å². The molecule has 0 aromatic heterocycles. The van der Waals surface area contributed by atoms with Gasteiger partial charge in [-0.05, 0) is 55.3 Å². The number of nitrogens with one attached hydrogen (secondary N) is 1. The van der Waals surface area contributed by atoms with Crippen LogP contribution in [0.4, 0.5) is 24.5 Å². The SMILES string of the molecule is Cc1c(Cl)cccc1N(CCCC(=O)Nc1ccc(C(F)(F)F)cc1)S(C)(=O)=O. The predicted molar refractivity (Wildman–Crippen MR) is 108 cm³/mol. The molecule has 2 aromatic carbocycles. The molecule has 0 bridgehead atoms. The van der Waals surface area contributed by atoms with Crippen molar-refractivity contribution in [2.75, 3.05) is 22.4 Å². The van der Waals surface area contributed by atoms with E-state index < -0.39 is 27.7 Å². The number of sulfonamides is 1. The Labute approximate surface area is 172 Å². The van der Waals surface area contributed by atoms with E-state index >= 15 is 0 Å². The number of hydrogen-bond donors (Lipinski definition) is 1. The summed E-state index contributed by atoms with van der Waals surface area (Å²) in [4.78, 5) is 12.1. The zero-order valence-electron chi connectivity index (χ0n) is 15.8. The minimum Gasteiger partial charge on any atom is -0.326 e. The molecule has 0 atom stereocenters. The normalized spacial score (nSPS) is 11.9. The number of amides is 1. The summed E-state index contributed by atoms with van der Waals surface area (Å²) in [7, 11) is -3.60. The molecular formula is C19H20ClF3N2O3S. The van der Waals surface area contributed by atoms with Crippen LogP contribution in [0.1, 0.15) is 24.0 Å². The molecular weight excluding hydrogens is 429 g/mol. The lowest BCUT2D eigenvalue weighted by molar-refractivity contribution is -0.137. The first kappa shape index (κ1) is 23.0. The Hall–Kier alpha value is -2.26. The Morgan fingerprint density at radius 1 is 1.14 bits per heavy atom. The van der Waals surface area contributed by atoms with E-state index in [1.54, 1.807) is 25.1 Å². The molecule has 5 nitrogen and oxygen atoms in total. The summed E-state index contributed by atoms with van der Waals surface area (Å²) in [5, 5.41) is 2.92. The van der Waals surface area contributed by atoms with Crippen molar-refractivity contribution in [2.45, 2.75) is 25.9 Å². The molecule has 1 amide bonds. The number of rotatable bonds is 7. The fraction of sp³-hybridized carbons (Fsp3) is 0.316. The van der Waals surface area contributed by atoms with Gasteiger partial charge < -0.3 is 5.32 Å². The van der Waals surface area contributed by atoms with Crippen LogP contribution in [0.3, 0.4) is 0 Å². The third-order valence-electron chi connectivity index (χ3n) is 4.17. The predicted octanol–water partition coefficient (Wildman–Crippen LogP) is 4.85. The van der Waals surface area contributed by atoms with Crippen LogP contribution in [0.15, 0.2) is 42.5 Å². The van der Waals surface area contributed by atoms with Crippen LogP contribution >= 0.6 is 11.6 Å². The fourth-order valence-electron chi connectivity index (χ4n) is 2.68. The average molecular weight is 449 g/mol. The minimum absolute atomic E-state index is 0.00729. The van der Waals surface area contributed by atoms with Crippen LogP contribution in [0, 0.1) is 6.92 Å². The topological polar surface area (TPSA) is 66.5 Å². The highest BCUT2D eigenvalue weighted by Gasteiger charge is 2.30. The molecule has 0 fully saturated rings. The molecule has 29 heavy (non-hydrogen) atoms. The summed E-state index contributed by atoms with van der Waals surface area (Å²) < 4.78 is 63.2. The number of halogens is 4. The maximum atomic E-state index is 12.6. The minimum atomic E-state index is -4.45. The Bertz CT molecular complexity index is 977. The van der Waals surface area contributed by atoms with Gasteiger partial charge in [-0.25, -0.2) is 8.42 Å². The van der Waals surface area contributed by atoms with Gasteiger partial charge in [0.2, 0.25) is 15.9 Å². The van der Waals surface area contributed by atoms with E-state index in [2.05, 4.69) is 5.32 Å². The summed E-state index contributed by atoms with van der Waals surface area (Å²) in [6, 6.07) is 9.01. The number of hydrogen-bond acceptors (Lipinski definition) is 3. The Balaban J connectivity index is 1.99. The van der Waals surface area contributed by atoms with Crippen molar-refractivity contribution >= 4 is 38.9 Å². The van der Waals surface area contributed by atoms with Crippen LogP contribution in [0.5, 0.6) is 0 Å². The summed E-state index contributed by atoms with van der Waals surface area (Å²) in [6.45, 7) is 1.76. The summed E-state index contributed by atoms with van der Waals surface area (Å²) in [5.74, 6) is -0.430. The van der Waals surface area contributed by atoms with Gasteiger partial charge in [0, 0.05) is 23.7 Å². The molecule has 0 aliphatic carbocycles. The van der Waals surface area contributed by atoms with E-state index in [0.717, 1.165) is 18.4 Å². The molecule has 0 aliphatic heterocycles. The summed E-state index contributed by atoms with van der Waals surface area (Å²) in [5.41, 5.74) is 0.460. The zero-order chi connectivity index (χ0) is 21.8. The van der Waals surface area contributed by atoms with Gasteiger partial charge in [-0.2, -0.15) is 13.2 Å². The maximum Gasteiger partial charge on any atom is 0.416 e. The van der Waals surface area contributed by atoms with Crippen LogP contribution in [-0.2, 0) is 21.0 Å². The van der Waals surface area contributed by atoms with Gasteiger partial charge in [-0.1, -0.05) is 17.7 Å². The van der Waals surface area contributed by atoms with E-state index in [9.17, 15) is 26.4 Å². The molecule has 2 aromatic rings. The lowest BCUT2D eigenvalue weighted by atomic mass is 10.2. The van der Waals surface area contributed by atoms with E-state index in [1.807, 2.05) is 0 Å². The van der Waals surface area contributed by atoms with Crippen molar-refractivity contribution < 1.29 is 26.4 Å². The Morgan fingerprint density at radius 3 is 2.31 bits per heavy atom. The first-order valence-electron chi connectivity index (χ1n) is 8.59. The van der Waals surface area contributed by atoms with E-state index in [0.29, 0.717) is 16.3 Å². The van der Waals surface area contributed by atoms with Gasteiger partial charge in [0.1, 0.15) is 0 Å². The summed E-state index contributed by atoms with van der Waals surface area (Å²) >= 11 is 6.07. The molecule has 158 valence electrons. The number of benzene rings is 2. The van der Waals surface area contributed by atoms with Gasteiger partial charge >= 0.3 is 6.18 Å². The third-order valence-corrected chi connectivity index (χ3v) is 5.76. The van der Waals surface area contributed by atoms with Crippen LogP contribution in [-0.4, -0.2) is 27.1 Å². The largest absolute Gasteiger partial charge is 0.416 e. The molecule has 0 spiro atoms. The third kappa shape index (κ3) is 6.37. The zero-order valence-corrected chi connectivity index (χ0v) is 17.3. The molecule has 0 saturated heterocycles. The smallest absolute Gasteiger partial charge is 0.326 e. The van der Waals surface area contributed by atoms with Crippen molar-refractivity contribution in [3.8, 4) is 0 Å². The first-order valence-corrected chi connectivity index (χ1v) is 10.8.